The molecule has 172 valence electrons. The Balaban J connectivity index is 1.43. The molecule has 4 rings (SSSR count). The van der Waals surface area contributed by atoms with E-state index in [1.165, 1.54) is 0 Å². The van der Waals surface area contributed by atoms with E-state index in [1.54, 1.807) is 30.3 Å². The number of aliphatic hydroxyl groups excluding tert-OH is 1. The molecule has 2 aliphatic heterocycles. The predicted molar refractivity (Wildman–Crippen MR) is 120 cm³/mol. The number of anilines is 1. The van der Waals surface area contributed by atoms with Crippen molar-refractivity contribution in [3.05, 3.63) is 58.6 Å². The zero-order chi connectivity index (χ0) is 22.9. The second kappa shape index (κ2) is 9.27. The lowest BCUT2D eigenvalue weighted by Gasteiger charge is -2.37. The van der Waals surface area contributed by atoms with Crippen LogP contribution in [0.3, 0.4) is 0 Å². The van der Waals surface area contributed by atoms with Crippen LogP contribution in [0.15, 0.2) is 42.5 Å². The van der Waals surface area contributed by atoms with Crippen LogP contribution >= 0.6 is 11.6 Å². The van der Waals surface area contributed by atoms with Crippen molar-refractivity contribution in [2.75, 3.05) is 17.6 Å². The van der Waals surface area contributed by atoms with Gasteiger partial charge in [0.05, 0.1) is 25.4 Å². The number of halogens is 1. The fourth-order valence-corrected chi connectivity index (χ4v) is 4.93. The number of sulfonamides is 1. The fraction of sp³-hybridized carbons (Fsp3) is 0.409. The van der Waals surface area contributed by atoms with Crippen LogP contribution in [0.2, 0.25) is 5.02 Å². The number of ether oxygens (including phenoxy) is 2. The Hall–Kier alpha value is -2.33. The number of fused-ring (bicyclic) bond motifs is 3. The smallest absolute Gasteiger partial charge is 0.229 e. The molecular formula is C22H25ClN2O6S. The third-order valence-electron chi connectivity index (χ3n) is 5.62. The molecule has 3 N–H and O–H groups in total. The van der Waals surface area contributed by atoms with E-state index in [0.717, 1.165) is 17.4 Å². The average molecular weight is 481 g/mol. The van der Waals surface area contributed by atoms with Crippen LogP contribution in [0.4, 0.5) is 5.69 Å². The second-order valence-electron chi connectivity index (χ2n) is 8.14. The van der Waals surface area contributed by atoms with Crippen LogP contribution in [0.5, 0.6) is 5.75 Å². The Morgan fingerprint density at radius 2 is 1.97 bits per heavy atom. The first kappa shape index (κ1) is 22.8. The van der Waals surface area contributed by atoms with Gasteiger partial charge in [-0.3, -0.25) is 9.52 Å². The molecule has 1 amide bonds. The second-order valence-corrected chi connectivity index (χ2v) is 10.3. The molecule has 0 saturated carbocycles. The van der Waals surface area contributed by atoms with Gasteiger partial charge in [-0.1, -0.05) is 23.7 Å². The molecule has 32 heavy (non-hydrogen) atoms. The lowest BCUT2D eigenvalue weighted by molar-refractivity contribution is -0.142. The zero-order valence-electron chi connectivity index (χ0n) is 17.5. The summed E-state index contributed by atoms with van der Waals surface area (Å²) >= 11 is 5.88. The number of benzene rings is 2. The van der Waals surface area contributed by atoms with Gasteiger partial charge in [0.15, 0.2) is 0 Å². The number of rotatable bonds is 7. The first-order valence-corrected chi connectivity index (χ1v) is 12.5. The summed E-state index contributed by atoms with van der Waals surface area (Å²) in [6.07, 6.45) is 0.376. The summed E-state index contributed by atoms with van der Waals surface area (Å²) in [5.41, 5.74) is 2.22. The maximum absolute atomic E-state index is 12.5. The molecular weight excluding hydrogens is 456 g/mol. The summed E-state index contributed by atoms with van der Waals surface area (Å²) in [6.45, 7) is 0.136. The van der Waals surface area contributed by atoms with Crippen molar-refractivity contribution in [1.82, 2.24) is 5.32 Å². The highest BCUT2D eigenvalue weighted by atomic mass is 35.5. The SMILES string of the molecule is CS(=O)(=O)Nc1ccc2c(c1)[C@@H]1C[C@H](CC(=O)NCc3ccc(Cl)cc3)O[C@H](CO)[C@@H]1O2. The number of aliphatic hydroxyl groups is 1. The standard InChI is InChI=1S/C22H25ClN2O6S/c1-32(28,29)25-15-6-7-19-17(8-15)18-9-16(30-20(12-26)22(18)31-19)10-21(27)24-11-13-2-4-14(23)5-3-13/h2-8,16,18,20,22,25-26H,9-12H2,1H3,(H,24,27)/t16-,18+,20-,22-/m1/s1. The van der Waals surface area contributed by atoms with E-state index in [2.05, 4.69) is 10.0 Å². The van der Waals surface area contributed by atoms with Crippen LogP contribution in [-0.4, -0.2) is 50.6 Å². The Kier molecular flexibility index (Phi) is 6.62. The van der Waals surface area contributed by atoms with Gasteiger partial charge in [0.25, 0.3) is 0 Å². The van der Waals surface area contributed by atoms with Gasteiger partial charge in [0.1, 0.15) is 18.0 Å². The van der Waals surface area contributed by atoms with Crippen LogP contribution in [-0.2, 0) is 26.1 Å². The minimum absolute atomic E-state index is 0.119. The summed E-state index contributed by atoms with van der Waals surface area (Å²) in [7, 11) is -3.41. The topological polar surface area (TPSA) is 114 Å². The van der Waals surface area contributed by atoms with Crippen molar-refractivity contribution in [3.8, 4) is 5.75 Å². The molecule has 1 fully saturated rings. The maximum atomic E-state index is 12.5. The Morgan fingerprint density at radius 3 is 2.66 bits per heavy atom. The van der Waals surface area contributed by atoms with Crippen molar-refractivity contribution in [2.24, 2.45) is 0 Å². The molecule has 2 aromatic carbocycles. The number of hydrogen-bond acceptors (Lipinski definition) is 6. The van der Waals surface area contributed by atoms with Crippen LogP contribution < -0.4 is 14.8 Å². The van der Waals surface area contributed by atoms with E-state index in [1.807, 2.05) is 12.1 Å². The van der Waals surface area contributed by atoms with E-state index in [9.17, 15) is 18.3 Å². The van der Waals surface area contributed by atoms with Crippen LogP contribution in [0.25, 0.3) is 0 Å². The summed E-state index contributed by atoms with van der Waals surface area (Å²) < 4.78 is 37.6. The average Bonchev–Trinajstić information content (AvgIpc) is 3.09. The molecule has 4 atom stereocenters. The number of hydrogen-bond donors (Lipinski definition) is 3. The summed E-state index contributed by atoms with van der Waals surface area (Å²) in [6, 6.07) is 12.3. The predicted octanol–water partition coefficient (Wildman–Crippen LogP) is 2.41. The molecule has 2 heterocycles. The Morgan fingerprint density at radius 1 is 1.22 bits per heavy atom. The van der Waals surface area contributed by atoms with Crippen LogP contribution in [0, 0.1) is 0 Å². The van der Waals surface area contributed by atoms with Gasteiger partial charge in [0, 0.05) is 28.7 Å². The number of amides is 1. The molecule has 0 radical (unpaired) electrons. The maximum Gasteiger partial charge on any atom is 0.229 e. The molecule has 10 heteroatoms. The van der Waals surface area contributed by atoms with Crippen molar-refractivity contribution in [3.63, 3.8) is 0 Å². The van der Waals surface area contributed by atoms with Crippen molar-refractivity contribution in [2.45, 2.75) is 43.6 Å². The minimum Gasteiger partial charge on any atom is -0.487 e. The van der Waals surface area contributed by atoms with Gasteiger partial charge in [-0.25, -0.2) is 8.42 Å². The molecule has 0 unspecified atom stereocenters. The highest BCUT2D eigenvalue weighted by Gasteiger charge is 2.46. The van der Waals surface area contributed by atoms with Crippen molar-refractivity contribution in [1.29, 1.82) is 0 Å². The van der Waals surface area contributed by atoms with E-state index >= 15 is 0 Å². The highest BCUT2D eigenvalue weighted by molar-refractivity contribution is 7.92. The highest BCUT2D eigenvalue weighted by Crippen LogP contribution is 2.47. The lowest BCUT2D eigenvalue weighted by Crippen LogP contribution is -2.47. The quantitative estimate of drug-likeness (QED) is 0.560. The molecule has 1 saturated heterocycles. The normalized spacial score (nSPS) is 24.2. The first-order valence-electron chi connectivity index (χ1n) is 10.3. The first-order chi connectivity index (χ1) is 15.2. The van der Waals surface area contributed by atoms with Gasteiger partial charge in [-0.15, -0.1) is 0 Å². The monoisotopic (exact) mass is 480 g/mol. The van der Waals surface area contributed by atoms with Gasteiger partial charge in [-0.2, -0.15) is 0 Å². The summed E-state index contributed by atoms with van der Waals surface area (Å²) in [5.74, 6) is 0.354. The number of carbonyl (C=O) groups excluding carboxylic acids is 1. The van der Waals surface area contributed by atoms with E-state index in [0.29, 0.717) is 29.4 Å². The molecule has 0 spiro atoms. The molecule has 2 aromatic rings. The minimum atomic E-state index is -3.41. The van der Waals surface area contributed by atoms with E-state index in [-0.39, 0.29) is 24.9 Å². The largest absolute Gasteiger partial charge is 0.487 e. The van der Waals surface area contributed by atoms with E-state index < -0.39 is 28.3 Å². The van der Waals surface area contributed by atoms with Gasteiger partial charge in [0.2, 0.25) is 15.9 Å². The van der Waals surface area contributed by atoms with Crippen molar-refractivity contribution < 1.29 is 27.8 Å². The summed E-state index contributed by atoms with van der Waals surface area (Å²) in [5, 5.41) is 13.4. The van der Waals surface area contributed by atoms with Gasteiger partial charge >= 0.3 is 0 Å². The molecule has 0 aliphatic carbocycles. The van der Waals surface area contributed by atoms with Crippen molar-refractivity contribution >= 4 is 33.2 Å². The van der Waals surface area contributed by atoms with E-state index in [4.69, 9.17) is 21.1 Å². The third-order valence-corrected chi connectivity index (χ3v) is 6.48. The van der Waals surface area contributed by atoms with Crippen LogP contribution in [0.1, 0.15) is 29.9 Å². The lowest BCUT2D eigenvalue weighted by atomic mass is 9.84. The molecule has 0 aromatic heterocycles. The molecule has 2 aliphatic rings. The van der Waals surface area contributed by atoms with Gasteiger partial charge < -0.3 is 19.9 Å². The number of carbonyl (C=O) groups is 1. The Labute approximate surface area is 191 Å². The summed E-state index contributed by atoms with van der Waals surface area (Å²) in [4.78, 5) is 12.5. The molecule has 8 nitrogen and oxygen atoms in total. The molecule has 0 bridgehead atoms. The van der Waals surface area contributed by atoms with Gasteiger partial charge in [-0.05, 0) is 42.3 Å². The zero-order valence-corrected chi connectivity index (χ0v) is 19.0. The Bertz CT molecular complexity index is 1090. The third kappa shape index (κ3) is 5.35. The number of nitrogens with one attached hydrogen (secondary N) is 2. The fourth-order valence-electron chi connectivity index (χ4n) is 4.25.